The van der Waals surface area contributed by atoms with Gasteiger partial charge in [-0.15, -0.1) is 0 Å². The largest absolute Gasteiger partial charge is 0.338 e. The van der Waals surface area contributed by atoms with Crippen molar-refractivity contribution in [3.8, 4) is 11.1 Å². The van der Waals surface area contributed by atoms with E-state index in [1.807, 2.05) is 30.7 Å². The quantitative estimate of drug-likeness (QED) is 0.863. The molecular formula is C16H21N5. The minimum atomic E-state index is 0.612. The number of pyridine rings is 1. The summed E-state index contributed by atoms with van der Waals surface area (Å²) in [5.41, 5.74) is 2.06. The Kier molecular flexibility index (Phi) is 4.10. The number of hydrogen-bond donors (Lipinski definition) is 0. The molecule has 3 rings (SSSR count). The Morgan fingerprint density at radius 3 is 2.24 bits per heavy atom. The lowest BCUT2D eigenvalue weighted by Crippen LogP contribution is -2.49. The van der Waals surface area contributed by atoms with E-state index in [0.29, 0.717) is 6.04 Å². The zero-order chi connectivity index (χ0) is 14.7. The lowest BCUT2D eigenvalue weighted by molar-refractivity contribution is 0.208. The van der Waals surface area contributed by atoms with Gasteiger partial charge in [0, 0.05) is 68.1 Å². The van der Waals surface area contributed by atoms with Gasteiger partial charge in [-0.05, 0) is 19.9 Å². The SMILES string of the molecule is CC(C)N1CCN(c2ncc(-c3cccnc3)cn2)CC1. The Morgan fingerprint density at radius 1 is 0.952 bits per heavy atom. The molecule has 0 bridgehead atoms. The third kappa shape index (κ3) is 3.19. The molecule has 1 aliphatic rings. The van der Waals surface area contributed by atoms with Crippen LogP contribution in [0.4, 0.5) is 5.95 Å². The minimum absolute atomic E-state index is 0.612. The molecule has 1 aliphatic heterocycles. The van der Waals surface area contributed by atoms with Crippen molar-refractivity contribution < 1.29 is 0 Å². The van der Waals surface area contributed by atoms with Gasteiger partial charge in [0.2, 0.25) is 5.95 Å². The molecule has 0 atom stereocenters. The Morgan fingerprint density at radius 2 is 1.67 bits per heavy atom. The number of piperazine rings is 1. The van der Waals surface area contributed by atoms with Gasteiger partial charge in [0.05, 0.1) is 0 Å². The molecule has 0 saturated carbocycles. The summed E-state index contributed by atoms with van der Waals surface area (Å²) in [4.78, 5) is 17.9. The molecule has 0 spiro atoms. The van der Waals surface area contributed by atoms with Crippen LogP contribution in [0.5, 0.6) is 0 Å². The average Bonchev–Trinajstić information content (AvgIpc) is 2.56. The third-order valence-corrected chi connectivity index (χ3v) is 3.96. The molecule has 5 nitrogen and oxygen atoms in total. The van der Waals surface area contributed by atoms with Crippen LogP contribution in [0.25, 0.3) is 11.1 Å². The molecule has 2 aromatic heterocycles. The lowest BCUT2D eigenvalue weighted by Gasteiger charge is -2.36. The highest BCUT2D eigenvalue weighted by atomic mass is 15.3. The topological polar surface area (TPSA) is 45.2 Å². The van der Waals surface area contributed by atoms with Crippen LogP contribution >= 0.6 is 0 Å². The highest BCUT2D eigenvalue weighted by Gasteiger charge is 2.20. The summed E-state index contributed by atoms with van der Waals surface area (Å²) in [6.45, 7) is 8.62. The van der Waals surface area contributed by atoms with E-state index in [-0.39, 0.29) is 0 Å². The van der Waals surface area contributed by atoms with E-state index in [0.717, 1.165) is 43.3 Å². The maximum Gasteiger partial charge on any atom is 0.225 e. The molecule has 110 valence electrons. The molecule has 0 aliphatic carbocycles. The maximum atomic E-state index is 4.52. The Hall–Kier alpha value is -2.01. The van der Waals surface area contributed by atoms with E-state index in [9.17, 15) is 0 Å². The molecule has 0 amide bonds. The number of aromatic nitrogens is 3. The molecule has 0 radical (unpaired) electrons. The van der Waals surface area contributed by atoms with Crippen LogP contribution in [0.1, 0.15) is 13.8 Å². The second kappa shape index (κ2) is 6.18. The Bertz CT molecular complexity index is 559. The first-order chi connectivity index (χ1) is 10.2. The highest BCUT2D eigenvalue weighted by Crippen LogP contribution is 2.18. The summed E-state index contributed by atoms with van der Waals surface area (Å²) in [6, 6.07) is 4.56. The van der Waals surface area contributed by atoms with Crippen molar-refractivity contribution >= 4 is 5.95 Å². The Balaban J connectivity index is 1.68. The second-order valence-corrected chi connectivity index (χ2v) is 5.63. The van der Waals surface area contributed by atoms with Gasteiger partial charge in [-0.3, -0.25) is 9.88 Å². The third-order valence-electron chi connectivity index (χ3n) is 3.96. The van der Waals surface area contributed by atoms with Crippen LogP contribution in [-0.2, 0) is 0 Å². The van der Waals surface area contributed by atoms with Gasteiger partial charge in [0.15, 0.2) is 0 Å². The molecule has 0 aromatic carbocycles. The second-order valence-electron chi connectivity index (χ2n) is 5.63. The van der Waals surface area contributed by atoms with Gasteiger partial charge in [-0.2, -0.15) is 0 Å². The van der Waals surface area contributed by atoms with E-state index in [1.54, 1.807) is 6.20 Å². The first-order valence-electron chi connectivity index (χ1n) is 7.45. The van der Waals surface area contributed by atoms with Gasteiger partial charge in [-0.1, -0.05) is 6.07 Å². The minimum Gasteiger partial charge on any atom is -0.338 e. The van der Waals surface area contributed by atoms with E-state index >= 15 is 0 Å². The molecule has 5 heteroatoms. The molecule has 0 unspecified atom stereocenters. The number of hydrogen-bond acceptors (Lipinski definition) is 5. The normalized spacial score (nSPS) is 16.4. The van der Waals surface area contributed by atoms with Crippen LogP contribution < -0.4 is 4.90 Å². The lowest BCUT2D eigenvalue weighted by atomic mass is 10.2. The van der Waals surface area contributed by atoms with Gasteiger partial charge >= 0.3 is 0 Å². The summed E-state index contributed by atoms with van der Waals surface area (Å²) in [5.74, 6) is 0.825. The van der Waals surface area contributed by atoms with Crippen LogP contribution in [0.15, 0.2) is 36.9 Å². The highest BCUT2D eigenvalue weighted by molar-refractivity contribution is 5.60. The summed E-state index contributed by atoms with van der Waals surface area (Å²) >= 11 is 0. The van der Waals surface area contributed by atoms with Crippen molar-refractivity contribution in [2.45, 2.75) is 19.9 Å². The standard InChI is InChI=1S/C16H21N5/c1-13(2)20-6-8-21(9-7-20)16-18-11-15(12-19-16)14-4-3-5-17-10-14/h3-5,10-13H,6-9H2,1-2H3. The smallest absolute Gasteiger partial charge is 0.225 e. The van der Waals surface area contributed by atoms with Crippen LogP contribution in [0.2, 0.25) is 0 Å². The van der Waals surface area contributed by atoms with Crippen molar-refractivity contribution in [1.29, 1.82) is 0 Å². The first-order valence-corrected chi connectivity index (χ1v) is 7.45. The summed E-state index contributed by atoms with van der Waals surface area (Å²) in [5, 5.41) is 0. The predicted octanol–water partition coefficient (Wildman–Crippen LogP) is 2.07. The Labute approximate surface area is 125 Å². The van der Waals surface area contributed by atoms with Gasteiger partial charge in [-0.25, -0.2) is 9.97 Å². The fraction of sp³-hybridized carbons (Fsp3) is 0.438. The number of rotatable bonds is 3. The monoisotopic (exact) mass is 283 g/mol. The summed E-state index contributed by atoms with van der Waals surface area (Å²) < 4.78 is 0. The van der Waals surface area contributed by atoms with E-state index in [4.69, 9.17) is 0 Å². The van der Waals surface area contributed by atoms with Crippen LogP contribution in [-0.4, -0.2) is 52.1 Å². The number of anilines is 1. The molecule has 21 heavy (non-hydrogen) atoms. The maximum absolute atomic E-state index is 4.52. The van der Waals surface area contributed by atoms with Crippen molar-refractivity contribution in [2.75, 3.05) is 31.1 Å². The van der Waals surface area contributed by atoms with Crippen LogP contribution in [0.3, 0.4) is 0 Å². The molecular weight excluding hydrogens is 262 g/mol. The van der Waals surface area contributed by atoms with Crippen molar-refractivity contribution in [1.82, 2.24) is 19.9 Å². The van der Waals surface area contributed by atoms with E-state index in [2.05, 4.69) is 38.6 Å². The van der Waals surface area contributed by atoms with Gasteiger partial charge in [0.1, 0.15) is 0 Å². The van der Waals surface area contributed by atoms with Gasteiger partial charge in [0.25, 0.3) is 0 Å². The molecule has 3 heterocycles. The van der Waals surface area contributed by atoms with Crippen molar-refractivity contribution in [3.63, 3.8) is 0 Å². The number of nitrogens with zero attached hydrogens (tertiary/aromatic N) is 5. The summed E-state index contributed by atoms with van der Waals surface area (Å²) in [6.07, 6.45) is 7.37. The molecule has 0 N–H and O–H groups in total. The van der Waals surface area contributed by atoms with Gasteiger partial charge < -0.3 is 4.90 Å². The summed E-state index contributed by atoms with van der Waals surface area (Å²) in [7, 11) is 0. The van der Waals surface area contributed by atoms with Crippen molar-refractivity contribution in [3.05, 3.63) is 36.9 Å². The average molecular weight is 283 g/mol. The first kappa shape index (κ1) is 13.9. The fourth-order valence-electron chi connectivity index (χ4n) is 2.61. The fourth-order valence-corrected chi connectivity index (χ4v) is 2.61. The molecule has 1 saturated heterocycles. The van der Waals surface area contributed by atoms with Crippen molar-refractivity contribution in [2.24, 2.45) is 0 Å². The zero-order valence-electron chi connectivity index (χ0n) is 12.6. The predicted molar refractivity (Wildman–Crippen MR) is 84.2 cm³/mol. The molecule has 1 fully saturated rings. The zero-order valence-corrected chi connectivity index (χ0v) is 12.6. The molecule has 2 aromatic rings. The van der Waals surface area contributed by atoms with E-state index < -0.39 is 0 Å². The van der Waals surface area contributed by atoms with E-state index in [1.165, 1.54) is 0 Å². The van der Waals surface area contributed by atoms with Crippen LogP contribution in [0, 0.1) is 0 Å².